The molecule has 0 N–H and O–H groups in total. The summed E-state index contributed by atoms with van der Waals surface area (Å²) in [4.78, 5) is 22.8. The lowest BCUT2D eigenvalue weighted by Gasteiger charge is -2.21. The molecule has 0 aromatic rings. The molecule has 13 heavy (non-hydrogen) atoms. The van der Waals surface area contributed by atoms with Crippen LogP contribution >= 0.6 is 0 Å². The zero-order valence-electron chi connectivity index (χ0n) is 7.44. The maximum Gasteiger partial charge on any atom is 0.319 e. The lowest BCUT2D eigenvalue weighted by Crippen LogP contribution is -2.39. The number of hydrogen-bond donors (Lipinski definition) is 0. The van der Waals surface area contributed by atoms with Crippen LogP contribution in [0.3, 0.4) is 0 Å². The Labute approximate surface area is 75.5 Å². The van der Waals surface area contributed by atoms with Crippen LogP contribution in [0.2, 0.25) is 0 Å². The lowest BCUT2D eigenvalue weighted by atomic mass is 9.83. The lowest BCUT2D eigenvalue weighted by molar-refractivity contribution is -0.151. The first kappa shape index (κ1) is 8.44. The van der Waals surface area contributed by atoms with E-state index in [0.29, 0.717) is 0 Å². The minimum absolute atomic E-state index is 0.197. The Bertz CT molecular complexity index is 307. The average molecular weight is 182 g/mol. The number of esters is 1. The van der Waals surface area contributed by atoms with E-state index in [2.05, 4.69) is 4.74 Å². The molecule has 0 unspecified atom stereocenters. The minimum Gasteiger partial charge on any atom is -0.468 e. The third-order valence-electron chi connectivity index (χ3n) is 2.56. The summed E-state index contributed by atoms with van der Waals surface area (Å²) >= 11 is 0. The van der Waals surface area contributed by atoms with Gasteiger partial charge in [-0.3, -0.25) is 9.59 Å². The van der Waals surface area contributed by atoms with Gasteiger partial charge in [-0.1, -0.05) is 6.08 Å². The van der Waals surface area contributed by atoms with Crippen molar-refractivity contribution in [1.29, 1.82) is 0 Å². The fourth-order valence-electron chi connectivity index (χ4n) is 1.86. The second kappa shape index (κ2) is 2.42. The van der Waals surface area contributed by atoms with E-state index in [9.17, 15) is 9.59 Å². The van der Waals surface area contributed by atoms with Gasteiger partial charge in [-0.2, -0.15) is 0 Å². The molecule has 0 aromatic heterocycles. The molecule has 3 atom stereocenters. The topological polar surface area (TPSA) is 52.6 Å². The fourth-order valence-corrected chi connectivity index (χ4v) is 1.86. The molecule has 0 aromatic carbocycles. The second-order valence-electron chi connectivity index (χ2n) is 3.44. The quantitative estimate of drug-likeness (QED) is 0.327. The van der Waals surface area contributed by atoms with Crippen LogP contribution in [0.1, 0.15) is 6.92 Å². The van der Waals surface area contributed by atoms with Crippen LogP contribution in [0.15, 0.2) is 12.2 Å². The fraction of sp³-hybridized carbons (Fsp3) is 0.556. The van der Waals surface area contributed by atoms with Crippen molar-refractivity contribution in [2.24, 2.45) is 5.92 Å². The van der Waals surface area contributed by atoms with E-state index in [-0.39, 0.29) is 5.78 Å². The van der Waals surface area contributed by atoms with Crippen LogP contribution in [-0.4, -0.2) is 30.6 Å². The maximum atomic E-state index is 11.5. The Kier molecular flexibility index (Phi) is 1.57. The molecule has 2 heterocycles. The van der Waals surface area contributed by atoms with E-state index in [1.807, 2.05) is 0 Å². The molecule has 4 heteroatoms. The van der Waals surface area contributed by atoms with Gasteiger partial charge in [0.2, 0.25) is 0 Å². The van der Waals surface area contributed by atoms with E-state index in [4.69, 9.17) is 4.74 Å². The van der Waals surface area contributed by atoms with Crippen LogP contribution in [0.25, 0.3) is 0 Å². The highest BCUT2D eigenvalue weighted by Gasteiger charge is 2.57. The predicted molar refractivity (Wildman–Crippen MR) is 42.9 cm³/mol. The SMILES string of the molecule is COC(=O)[C@H]1C(=O)[C@@H]2C=C[C@@]1(C)O2. The number of ketones is 1. The van der Waals surface area contributed by atoms with Crippen LogP contribution in [0.5, 0.6) is 0 Å². The summed E-state index contributed by atoms with van der Waals surface area (Å²) in [6, 6.07) is 0. The van der Waals surface area contributed by atoms with Crippen LogP contribution in [-0.2, 0) is 19.1 Å². The number of hydrogen-bond acceptors (Lipinski definition) is 4. The number of carbonyl (C=O) groups excluding carboxylic acids is 2. The molecule has 2 rings (SSSR count). The van der Waals surface area contributed by atoms with Crippen molar-refractivity contribution in [2.45, 2.75) is 18.6 Å². The monoisotopic (exact) mass is 182 g/mol. The van der Waals surface area contributed by atoms with Crippen molar-refractivity contribution < 1.29 is 19.1 Å². The largest absolute Gasteiger partial charge is 0.468 e. The second-order valence-corrected chi connectivity index (χ2v) is 3.44. The standard InChI is InChI=1S/C9H10O4/c1-9-4-3-5(13-9)7(10)6(9)8(11)12-2/h3-6H,1-2H3/t5-,6+,9+/m0/s1. The Morgan fingerprint density at radius 2 is 2.38 bits per heavy atom. The Morgan fingerprint density at radius 3 is 2.85 bits per heavy atom. The maximum absolute atomic E-state index is 11.5. The molecule has 2 aliphatic heterocycles. The highest BCUT2D eigenvalue weighted by atomic mass is 16.5. The van der Waals surface area contributed by atoms with Crippen molar-refractivity contribution in [3.8, 4) is 0 Å². The van der Waals surface area contributed by atoms with Gasteiger partial charge in [0, 0.05) is 0 Å². The van der Waals surface area contributed by atoms with Crippen molar-refractivity contribution in [2.75, 3.05) is 7.11 Å². The van der Waals surface area contributed by atoms with Gasteiger partial charge < -0.3 is 9.47 Å². The van der Waals surface area contributed by atoms with Gasteiger partial charge in [0.25, 0.3) is 0 Å². The molecule has 70 valence electrons. The number of Topliss-reactive ketones (excluding diaryl/α,β-unsaturated/α-hetero) is 1. The number of carbonyl (C=O) groups is 2. The van der Waals surface area contributed by atoms with Gasteiger partial charge in [0.05, 0.1) is 7.11 Å². The summed E-state index contributed by atoms with van der Waals surface area (Å²) in [6.07, 6.45) is 2.89. The summed E-state index contributed by atoms with van der Waals surface area (Å²) in [5.74, 6) is -1.50. The zero-order chi connectivity index (χ0) is 9.64. The van der Waals surface area contributed by atoms with E-state index in [1.54, 1.807) is 19.1 Å². The highest BCUT2D eigenvalue weighted by Crippen LogP contribution is 2.40. The van der Waals surface area contributed by atoms with Gasteiger partial charge in [0.15, 0.2) is 11.7 Å². The Balaban J connectivity index is 2.35. The normalized spacial score (nSPS) is 41.2. The van der Waals surface area contributed by atoms with E-state index >= 15 is 0 Å². The molecule has 1 fully saturated rings. The van der Waals surface area contributed by atoms with Gasteiger partial charge >= 0.3 is 5.97 Å². The summed E-state index contributed by atoms with van der Waals surface area (Å²) in [5.41, 5.74) is -0.783. The predicted octanol–water partition coefficient (Wildman–Crippen LogP) is 0.0720. The summed E-state index contributed by atoms with van der Waals surface area (Å²) < 4.78 is 9.89. The molecule has 4 nitrogen and oxygen atoms in total. The van der Waals surface area contributed by atoms with Gasteiger partial charge in [-0.05, 0) is 13.0 Å². The average Bonchev–Trinajstić information content (AvgIpc) is 2.57. The van der Waals surface area contributed by atoms with Crippen LogP contribution in [0, 0.1) is 5.92 Å². The number of ether oxygens (including phenoxy) is 2. The summed E-state index contributed by atoms with van der Waals surface area (Å²) in [7, 11) is 1.27. The molecule has 0 amide bonds. The third kappa shape index (κ3) is 0.951. The van der Waals surface area contributed by atoms with E-state index in [0.717, 1.165) is 0 Å². The first-order valence-electron chi connectivity index (χ1n) is 4.07. The third-order valence-corrected chi connectivity index (χ3v) is 2.56. The molecule has 1 saturated heterocycles. The highest BCUT2D eigenvalue weighted by molar-refractivity contribution is 6.06. The van der Waals surface area contributed by atoms with Gasteiger partial charge in [-0.15, -0.1) is 0 Å². The molecule has 2 aliphatic rings. The zero-order valence-corrected chi connectivity index (χ0v) is 7.44. The van der Waals surface area contributed by atoms with Crippen LogP contribution < -0.4 is 0 Å². The van der Waals surface area contributed by atoms with E-state index in [1.165, 1.54) is 7.11 Å². The number of methoxy groups -OCH3 is 1. The molecule has 0 aliphatic carbocycles. The van der Waals surface area contributed by atoms with Crippen molar-refractivity contribution in [3.05, 3.63) is 12.2 Å². The minimum atomic E-state index is -0.785. The van der Waals surface area contributed by atoms with Gasteiger partial charge in [0.1, 0.15) is 11.7 Å². The smallest absolute Gasteiger partial charge is 0.319 e. The molecular weight excluding hydrogens is 172 g/mol. The van der Waals surface area contributed by atoms with Gasteiger partial charge in [-0.25, -0.2) is 0 Å². The molecule has 0 saturated carbocycles. The summed E-state index contributed by atoms with van der Waals surface area (Å²) in [6.45, 7) is 1.72. The Hall–Kier alpha value is -1.16. The van der Waals surface area contributed by atoms with E-state index < -0.39 is 23.6 Å². The first-order chi connectivity index (χ1) is 6.08. The Morgan fingerprint density at radius 1 is 1.69 bits per heavy atom. The van der Waals surface area contributed by atoms with Crippen molar-refractivity contribution >= 4 is 11.8 Å². The molecular formula is C9H10O4. The first-order valence-corrected chi connectivity index (χ1v) is 4.07. The summed E-state index contributed by atoms with van der Waals surface area (Å²) in [5, 5.41) is 0. The number of fused-ring (bicyclic) bond motifs is 2. The van der Waals surface area contributed by atoms with Crippen LogP contribution in [0.4, 0.5) is 0 Å². The molecule has 0 radical (unpaired) electrons. The van der Waals surface area contributed by atoms with Crippen molar-refractivity contribution in [1.82, 2.24) is 0 Å². The van der Waals surface area contributed by atoms with Crippen molar-refractivity contribution in [3.63, 3.8) is 0 Å². The molecule has 2 bridgehead atoms. The molecule has 0 spiro atoms. The number of rotatable bonds is 1.